The molecule has 5 aromatic rings. The van der Waals surface area contributed by atoms with Crippen molar-refractivity contribution in [3.8, 4) is 17.0 Å². The number of rotatable bonds is 12. The average Bonchev–Trinajstić information content (AvgIpc) is 3.73. The number of piperidine rings is 1. The number of hydrogen-bond acceptors (Lipinski definition) is 11. The zero-order valence-electron chi connectivity index (χ0n) is 32.9. The van der Waals surface area contributed by atoms with Crippen LogP contribution in [-0.2, 0) is 19.2 Å². The van der Waals surface area contributed by atoms with Crippen LogP contribution >= 0.6 is 23.2 Å². The van der Waals surface area contributed by atoms with E-state index in [-0.39, 0.29) is 53.3 Å². The normalized spacial score (nSPS) is 18.5. The topological polar surface area (TPSA) is 200 Å². The average molecular weight is 865 g/mol. The van der Waals surface area contributed by atoms with Gasteiger partial charge in [-0.05, 0) is 68.7 Å². The Hall–Kier alpha value is -6.39. The van der Waals surface area contributed by atoms with E-state index in [0.29, 0.717) is 53.7 Å². The number of ether oxygens (including phenoxy) is 1. The lowest BCUT2D eigenvalue weighted by molar-refractivity contribution is -0.145. The van der Waals surface area contributed by atoms with Gasteiger partial charge in [-0.15, -0.1) is 0 Å². The maximum atomic E-state index is 13.3. The number of aromatic amines is 1. The van der Waals surface area contributed by atoms with Crippen molar-refractivity contribution in [2.45, 2.75) is 57.6 Å². The molecular weight excluding hydrogens is 825 g/mol. The summed E-state index contributed by atoms with van der Waals surface area (Å²) in [6.07, 6.45) is 5.91. The largest absolute Gasteiger partial charge is 0.486 e. The highest BCUT2D eigenvalue weighted by molar-refractivity contribution is 6.35. The second kappa shape index (κ2) is 15.9. The van der Waals surface area contributed by atoms with Crippen LogP contribution < -0.4 is 20.3 Å². The highest BCUT2D eigenvalue weighted by Gasteiger charge is 2.53. The number of nitrogens with one attached hydrogen (secondary N) is 3. The number of fused-ring (bicyclic) bond motifs is 2. The number of carbonyl (C=O) groups is 6. The van der Waals surface area contributed by atoms with Crippen LogP contribution in [0.15, 0.2) is 67.1 Å². The van der Waals surface area contributed by atoms with Crippen molar-refractivity contribution < 1.29 is 33.5 Å². The van der Waals surface area contributed by atoms with Gasteiger partial charge in [-0.25, -0.2) is 4.98 Å². The Morgan fingerprint density at radius 3 is 2.46 bits per heavy atom. The lowest BCUT2D eigenvalue weighted by Gasteiger charge is -2.60. The molecule has 3 fully saturated rings. The molecule has 2 aromatic carbocycles. The molecule has 4 aliphatic heterocycles. The molecule has 0 saturated carbocycles. The summed E-state index contributed by atoms with van der Waals surface area (Å²) in [5.74, 6) is -1.34. The highest BCUT2D eigenvalue weighted by Crippen LogP contribution is 2.42. The second-order valence-corrected chi connectivity index (χ2v) is 16.8. The van der Waals surface area contributed by atoms with E-state index in [4.69, 9.17) is 32.9 Å². The molecule has 0 radical (unpaired) electrons. The number of carbonyl (C=O) groups excluding carboxylic acids is 6. The molecule has 2 atom stereocenters. The number of halogens is 2. The Balaban J connectivity index is 0.721. The van der Waals surface area contributed by atoms with Gasteiger partial charge in [0.2, 0.25) is 23.6 Å². The minimum absolute atomic E-state index is 0.00966. The number of pyridine rings is 2. The number of amides is 6. The third-order valence-corrected chi connectivity index (χ3v) is 12.3. The predicted molar refractivity (Wildman–Crippen MR) is 224 cm³/mol. The molecule has 16 nitrogen and oxygen atoms in total. The molecule has 3 aromatic heterocycles. The molecule has 4 aliphatic rings. The maximum absolute atomic E-state index is 13.3. The van der Waals surface area contributed by atoms with Gasteiger partial charge < -0.3 is 19.9 Å². The first kappa shape index (κ1) is 40.0. The van der Waals surface area contributed by atoms with Crippen LogP contribution in [0.5, 0.6) is 5.75 Å². The van der Waals surface area contributed by atoms with Gasteiger partial charge in [-0.3, -0.25) is 49.1 Å². The fourth-order valence-corrected chi connectivity index (χ4v) is 9.36. The Bertz CT molecular complexity index is 2620. The van der Waals surface area contributed by atoms with Gasteiger partial charge in [-0.1, -0.05) is 29.3 Å². The van der Waals surface area contributed by atoms with Crippen molar-refractivity contribution in [3.05, 3.63) is 93.9 Å². The van der Waals surface area contributed by atoms with E-state index in [1.165, 1.54) is 24.5 Å². The van der Waals surface area contributed by atoms with Crippen molar-refractivity contribution >= 4 is 81.1 Å². The Labute approximate surface area is 358 Å². The van der Waals surface area contributed by atoms with Crippen LogP contribution in [0.25, 0.3) is 22.2 Å². The van der Waals surface area contributed by atoms with E-state index in [2.05, 4.69) is 30.7 Å². The SMILES string of the molecule is C[C@@H](Oc1ccc2[nH]nc(-c3ccc(N4CC5(CN(C(=O)CCCCC(=O)Nc6cccc7c6C(=O)N(C6CCC(=O)NC6=O)C7=O)C5)C4)nc3)c2c1)c1c(Cl)cncc1Cl. The summed E-state index contributed by atoms with van der Waals surface area (Å²) in [5.41, 5.74) is 3.42. The number of benzene rings is 2. The third-order valence-electron chi connectivity index (χ3n) is 11.7. The van der Waals surface area contributed by atoms with Gasteiger partial charge in [0.25, 0.3) is 11.8 Å². The lowest BCUT2D eigenvalue weighted by atomic mass is 9.72. The first-order valence-corrected chi connectivity index (χ1v) is 20.7. The number of imide groups is 2. The van der Waals surface area contributed by atoms with Crippen LogP contribution in [0.2, 0.25) is 10.0 Å². The highest BCUT2D eigenvalue weighted by atomic mass is 35.5. The third kappa shape index (κ3) is 7.54. The number of H-pyrrole nitrogens is 1. The van der Waals surface area contributed by atoms with Gasteiger partial charge in [0, 0.05) is 86.0 Å². The number of likely N-dealkylation sites (tertiary alicyclic amines) is 1. The first-order chi connectivity index (χ1) is 29.4. The van der Waals surface area contributed by atoms with E-state index in [9.17, 15) is 28.8 Å². The van der Waals surface area contributed by atoms with E-state index < -0.39 is 35.8 Å². The van der Waals surface area contributed by atoms with Gasteiger partial charge in [-0.2, -0.15) is 5.10 Å². The zero-order chi connectivity index (χ0) is 42.6. The summed E-state index contributed by atoms with van der Waals surface area (Å²) in [4.78, 5) is 90.0. The molecule has 7 heterocycles. The van der Waals surface area contributed by atoms with Crippen molar-refractivity contribution in [2.75, 3.05) is 36.4 Å². The van der Waals surface area contributed by atoms with Crippen molar-refractivity contribution in [2.24, 2.45) is 5.41 Å². The minimum atomic E-state index is -1.10. The molecule has 3 N–H and O–H groups in total. The fourth-order valence-electron chi connectivity index (χ4n) is 8.69. The monoisotopic (exact) mass is 863 g/mol. The van der Waals surface area contributed by atoms with E-state index in [1.54, 1.807) is 6.07 Å². The standard InChI is InChI=1S/C43H39Cl2N9O7/c1-23(37-28(44)17-46-18-29(37)45)61-25-10-11-30-27(15-25)39(51-50-30)24-9-13-33(47-16-24)52-19-43(20-52)21-53(22-43)36(57)8-3-2-7-34(55)48-31-6-4-5-26-38(31)42(60)54(41(26)59)32-12-14-35(56)49-40(32)58/h4-6,9-11,13,15-18,23,32H,2-3,7-8,12,14,19-22H2,1H3,(H,48,55)(H,50,51)(H,49,56,58)/t23-,32?/m1/s1. The summed E-state index contributed by atoms with van der Waals surface area (Å²) >= 11 is 12.7. The molecule has 0 bridgehead atoms. The van der Waals surface area contributed by atoms with Crippen molar-refractivity contribution in [1.29, 1.82) is 0 Å². The summed E-state index contributed by atoms with van der Waals surface area (Å²) in [7, 11) is 0. The molecule has 9 rings (SSSR count). The molecule has 18 heteroatoms. The predicted octanol–water partition coefficient (Wildman–Crippen LogP) is 5.72. The molecule has 61 heavy (non-hydrogen) atoms. The quantitative estimate of drug-likeness (QED) is 0.102. The summed E-state index contributed by atoms with van der Waals surface area (Å²) < 4.78 is 6.22. The minimum Gasteiger partial charge on any atom is -0.486 e. The van der Waals surface area contributed by atoms with Crippen LogP contribution in [0.4, 0.5) is 11.5 Å². The van der Waals surface area contributed by atoms with E-state index >= 15 is 0 Å². The number of anilines is 2. The van der Waals surface area contributed by atoms with Crippen LogP contribution in [0.3, 0.4) is 0 Å². The Kier molecular flexibility index (Phi) is 10.4. The van der Waals surface area contributed by atoms with Gasteiger partial charge >= 0.3 is 0 Å². The smallest absolute Gasteiger partial charge is 0.264 e. The Morgan fingerprint density at radius 2 is 1.72 bits per heavy atom. The fraction of sp³-hybridized carbons (Fsp3) is 0.326. The number of hydrogen-bond donors (Lipinski definition) is 3. The molecular formula is C43H39Cl2N9O7. The number of nitrogens with zero attached hydrogens (tertiary/aromatic N) is 6. The molecule has 3 saturated heterocycles. The summed E-state index contributed by atoms with van der Waals surface area (Å²) in [6.45, 7) is 4.81. The van der Waals surface area contributed by atoms with Gasteiger partial charge in [0.15, 0.2) is 0 Å². The van der Waals surface area contributed by atoms with E-state index in [0.717, 1.165) is 46.0 Å². The number of aromatic nitrogens is 4. The summed E-state index contributed by atoms with van der Waals surface area (Å²) in [6, 6.07) is 13.1. The maximum Gasteiger partial charge on any atom is 0.264 e. The van der Waals surface area contributed by atoms with Crippen molar-refractivity contribution in [3.63, 3.8) is 0 Å². The molecule has 0 aliphatic carbocycles. The van der Waals surface area contributed by atoms with Crippen LogP contribution in [0.1, 0.15) is 77.8 Å². The summed E-state index contributed by atoms with van der Waals surface area (Å²) in [5, 5.41) is 14.3. The first-order valence-electron chi connectivity index (χ1n) is 20.0. The van der Waals surface area contributed by atoms with Gasteiger partial charge in [0.1, 0.15) is 29.4 Å². The van der Waals surface area contributed by atoms with Crippen LogP contribution in [-0.4, -0.2) is 97.6 Å². The molecule has 6 amide bonds. The van der Waals surface area contributed by atoms with Crippen LogP contribution in [0, 0.1) is 5.41 Å². The second-order valence-electron chi connectivity index (χ2n) is 16.0. The van der Waals surface area contributed by atoms with Crippen molar-refractivity contribution in [1.82, 2.24) is 35.3 Å². The molecule has 312 valence electrons. The molecule has 1 unspecified atom stereocenters. The van der Waals surface area contributed by atoms with Gasteiger partial charge in [0.05, 0.1) is 32.4 Å². The lowest BCUT2D eigenvalue weighted by Crippen LogP contribution is -2.73. The zero-order valence-corrected chi connectivity index (χ0v) is 34.4. The molecule has 1 spiro atoms. The number of unbranched alkanes of at least 4 members (excludes halogenated alkanes) is 1. The Morgan fingerprint density at radius 1 is 0.951 bits per heavy atom. The van der Waals surface area contributed by atoms with E-state index in [1.807, 2.05) is 48.4 Å².